The highest BCUT2D eigenvalue weighted by molar-refractivity contribution is 7.94. The third kappa shape index (κ3) is 9.30. The largest absolute Gasteiger partial charge is 0.490 e. The molecule has 2 heterocycles. The molecule has 2 aromatic carbocycles. The predicted molar refractivity (Wildman–Crippen MR) is 178 cm³/mol. The molecule has 4 rings (SSSR count). The number of nitrogens with zero attached hydrogens (tertiary/aromatic N) is 2. The van der Waals surface area contributed by atoms with E-state index in [9.17, 15) is 31.1 Å². The first-order valence-electron chi connectivity index (χ1n) is 15.3. The van der Waals surface area contributed by atoms with Crippen LogP contribution in [0.5, 0.6) is 5.75 Å². The first-order chi connectivity index (χ1) is 22.2. The number of amides is 1. The Bertz CT molecular complexity index is 1700. The molecule has 0 aliphatic carbocycles. The molecule has 0 bridgehead atoms. The molecule has 1 amide bonds. The van der Waals surface area contributed by atoms with Crippen LogP contribution in [0.1, 0.15) is 50.4 Å². The highest BCUT2D eigenvalue weighted by Gasteiger charge is 2.32. The van der Waals surface area contributed by atoms with Crippen molar-refractivity contribution >= 4 is 43.0 Å². The molecular formula is C32H42FN3O8S3. The van der Waals surface area contributed by atoms with E-state index >= 15 is 0 Å². The lowest BCUT2D eigenvalue weighted by Gasteiger charge is -2.35. The number of carbonyl (C=O) groups is 1. The Morgan fingerprint density at radius 1 is 1.11 bits per heavy atom. The lowest BCUT2D eigenvalue weighted by Crippen LogP contribution is -2.48. The fraction of sp³-hybridized carbons (Fsp3) is 0.469. The van der Waals surface area contributed by atoms with E-state index in [1.165, 1.54) is 42.3 Å². The van der Waals surface area contributed by atoms with Crippen molar-refractivity contribution in [1.82, 2.24) is 9.21 Å². The summed E-state index contributed by atoms with van der Waals surface area (Å²) in [5.74, 6) is -1.18. The van der Waals surface area contributed by atoms with Crippen molar-refractivity contribution in [2.75, 3.05) is 38.1 Å². The van der Waals surface area contributed by atoms with Crippen LogP contribution < -0.4 is 9.46 Å². The van der Waals surface area contributed by atoms with Gasteiger partial charge in [0.2, 0.25) is 10.0 Å². The summed E-state index contributed by atoms with van der Waals surface area (Å²) in [7, 11) is -6.45. The molecule has 15 heteroatoms. The average molecular weight is 712 g/mol. The van der Waals surface area contributed by atoms with Crippen LogP contribution in [0.15, 0.2) is 69.1 Å². The number of aliphatic hydroxyl groups is 1. The summed E-state index contributed by atoms with van der Waals surface area (Å²) in [6, 6.07) is 11.6. The number of fused-ring (bicyclic) bond motifs is 1. The number of hydrogen-bond donors (Lipinski definition) is 2. The first kappa shape index (κ1) is 36.8. The van der Waals surface area contributed by atoms with Crippen molar-refractivity contribution in [3.63, 3.8) is 0 Å². The molecule has 4 atom stereocenters. The van der Waals surface area contributed by atoms with Gasteiger partial charge in [0.15, 0.2) is 0 Å². The molecule has 0 saturated carbocycles. The van der Waals surface area contributed by atoms with E-state index in [4.69, 9.17) is 9.47 Å². The number of ether oxygens (including phenoxy) is 2. The Balaban J connectivity index is 1.67. The topological polar surface area (TPSA) is 143 Å². The number of aliphatic hydroxyl groups excluding tert-OH is 1. The fourth-order valence-electron chi connectivity index (χ4n) is 5.21. The normalized spacial score (nSPS) is 21.0. The maximum Gasteiger partial charge on any atom is 0.271 e. The summed E-state index contributed by atoms with van der Waals surface area (Å²) in [6.45, 7) is 5.42. The molecule has 0 spiro atoms. The van der Waals surface area contributed by atoms with Gasteiger partial charge in [-0.1, -0.05) is 13.0 Å². The molecule has 2 N–H and O–H groups in total. The van der Waals surface area contributed by atoms with E-state index in [1.807, 2.05) is 13.8 Å². The Morgan fingerprint density at radius 3 is 2.49 bits per heavy atom. The van der Waals surface area contributed by atoms with Crippen LogP contribution >= 0.6 is 11.3 Å². The van der Waals surface area contributed by atoms with Gasteiger partial charge in [-0.05, 0) is 87.0 Å². The second-order valence-corrected chi connectivity index (χ2v) is 16.7. The van der Waals surface area contributed by atoms with E-state index in [0.29, 0.717) is 19.4 Å². The maximum absolute atomic E-state index is 14.3. The van der Waals surface area contributed by atoms with Crippen LogP contribution in [-0.4, -0.2) is 88.7 Å². The third-order valence-corrected chi connectivity index (χ3v) is 12.6. The molecule has 11 nitrogen and oxygen atoms in total. The Kier molecular flexibility index (Phi) is 12.4. The van der Waals surface area contributed by atoms with E-state index in [2.05, 4.69) is 4.72 Å². The van der Waals surface area contributed by atoms with Gasteiger partial charge >= 0.3 is 0 Å². The number of sulfonamides is 2. The van der Waals surface area contributed by atoms with Crippen LogP contribution in [0.25, 0.3) is 0 Å². The Hall–Kier alpha value is -3.08. The molecule has 3 aromatic rings. The van der Waals surface area contributed by atoms with Gasteiger partial charge in [0, 0.05) is 38.3 Å². The number of likely N-dealkylation sites (N-methyl/N-ethyl adjacent to an activating group) is 1. The molecule has 0 fully saturated rings. The van der Waals surface area contributed by atoms with Crippen LogP contribution in [0.4, 0.5) is 10.1 Å². The van der Waals surface area contributed by atoms with Gasteiger partial charge < -0.3 is 19.5 Å². The van der Waals surface area contributed by atoms with Gasteiger partial charge in [-0.25, -0.2) is 21.2 Å². The fourth-order valence-corrected chi connectivity index (χ4v) is 8.43. The van der Waals surface area contributed by atoms with E-state index in [1.54, 1.807) is 24.4 Å². The Morgan fingerprint density at radius 2 is 1.83 bits per heavy atom. The van der Waals surface area contributed by atoms with E-state index < -0.39 is 49.8 Å². The minimum absolute atomic E-state index is 0.0405. The summed E-state index contributed by atoms with van der Waals surface area (Å²) < 4.78 is 82.3. The average Bonchev–Trinajstić information content (AvgIpc) is 3.59. The standard InChI is InChI=1S/C32H42FN3O8S3/c1-22-19-36(23(2)21-37)32(38)28-18-26(34-46(39,40)31-9-7-17-45-31)12-15-29(28)44-24(3)8-5-6-16-43-30(22)20-35(4)47(41,42)27-13-10-25(33)11-14-27/h7,9-15,17-18,22-24,30,34,37H,5-6,8,16,19-21H2,1-4H3/t22-,23+,24+,30-/m0/s1. The first-order valence-corrected chi connectivity index (χ1v) is 19.2. The minimum Gasteiger partial charge on any atom is -0.490 e. The smallest absolute Gasteiger partial charge is 0.271 e. The number of thiophene rings is 1. The van der Waals surface area contributed by atoms with Crippen molar-refractivity contribution in [1.29, 1.82) is 0 Å². The number of nitrogens with one attached hydrogen (secondary N) is 1. The van der Waals surface area contributed by atoms with Gasteiger partial charge in [0.05, 0.1) is 35.3 Å². The van der Waals surface area contributed by atoms with Gasteiger partial charge in [0.1, 0.15) is 15.8 Å². The van der Waals surface area contributed by atoms with Crippen LogP contribution in [0.2, 0.25) is 0 Å². The van der Waals surface area contributed by atoms with Crippen LogP contribution in [0.3, 0.4) is 0 Å². The Labute approximate surface area is 280 Å². The molecule has 0 saturated heterocycles. The van der Waals surface area contributed by atoms with Crippen molar-refractivity contribution in [3.8, 4) is 5.75 Å². The van der Waals surface area contributed by atoms with Gasteiger partial charge in [-0.15, -0.1) is 11.3 Å². The van der Waals surface area contributed by atoms with E-state index in [-0.39, 0.29) is 51.9 Å². The number of hydrogen-bond acceptors (Lipinski definition) is 9. The lowest BCUT2D eigenvalue weighted by molar-refractivity contribution is -0.00833. The molecule has 0 radical (unpaired) electrons. The zero-order valence-electron chi connectivity index (χ0n) is 26.8. The van der Waals surface area contributed by atoms with Crippen molar-refractivity contribution in [2.24, 2.45) is 5.92 Å². The molecule has 258 valence electrons. The van der Waals surface area contributed by atoms with Gasteiger partial charge in [-0.2, -0.15) is 4.31 Å². The monoisotopic (exact) mass is 711 g/mol. The molecule has 0 unspecified atom stereocenters. The van der Waals surface area contributed by atoms with Crippen molar-refractivity contribution in [3.05, 3.63) is 71.4 Å². The van der Waals surface area contributed by atoms with Gasteiger partial charge in [0.25, 0.3) is 15.9 Å². The summed E-state index contributed by atoms with van der Waals surface area (Å²) in [5, 5.41) is 11.8. The number of anilines is 1. The van der Waals surface area contributed by atoms with Crippen molar-refractivity contribution < 1.29 is 40.6 Å². The third-order valence-electron chi connectivity index (χ3n) is 8.02. The number of benzene rings is 2. The van der Waals surface area contributed by atoms with Crippen molar-refractivity contribution in [2.45, 2.75) is 67.4 Å². The molecule has 1 aliphatic rings. The molecular weight excluding hydrogens is 670 g/mol. The summed E-state index contributed by atoms with van der Waals surface area (Å²) >= 11 is 1.06. The van der Waals surface area contributed by atoms with Crippen LogP contribution in [0, 0.1) is 11.7 Å². The second-order valence-electron chi connectivity index (χ2n) is 11.8. The number of halogens is 1. The lowest BCUT2D eigenvalue weighted by atomic mass is 10.0. The highest BCUT2D eigenvalue weighted by Crippen LogP contribution is 2.30. The minimum atomic E-state index is -3.97. The molecule has 1 aliphatic heterocycles. The molecule has 1 aromatic heterocycles. The highest BCUT2D eigenvalue weighted by atomic mass is 32.2. The van der Waals surface area contributed by atoms with Crippen LogP contribution in [-0.2, 0) is 24.8 Å². The number of rotatable bonds is 9. The van der Waals surface area contributed by atoms with E-state index in [0.717, 1.165) is 34.2 Å². The second kappa shape index (κ2) is 15.9. The zero-order valence-corrected chi connectivity index (χ0v) is 29.3. The zero-order chi connectivity index (χ0) is 34.4. The summed E-state index contributed by atoms with van der Waals surface area (Å²) in [5.41, 5.74) is 0.280. The maximum atomic E-state index is 14.3. The quantitative estimate of drug-likeness (QED) is 0.322. The summed E-state index contributed by atoms with van der Waals surface area (Å²) in [4.78, 5) is 15.7. The SMILES string of the molecule is C[C@@H]1CCCCO[C@@H](CN(C)S(=O)(=O)c2ccc(F)cc2)[C@@H](C)CN([C@H](C)CO)C(=O)c2cc(NS(=O)(=O)c3cccs3)ccc2O1. The number of carbonyl (C=O) groups excluding carboxylic acids is 1. The summed E-state index contributed by atoms with van der Waals surface area (Å²) in [6.07, 6.45) is 1.12. The molecule has 47 heavy (non-hydrogen) atoms. The predicted octanol–water partition coefficient (Wildman–Crippen LogP) is 4.80. The van der Waals surface area contributed by atoms with Gasteiger partial charge in [-0.3, -0.25) is 9.52 Å².